The highest BCUT2D eigenvalue weighted by Gasteiger charge is 2.18. The van der Waals surface area contributed by atoms with E-state index in [-0.39, 0.29) is 0 Å². The molecule has 1 aromatic heterocycles. The average Bonchev–Trinajstić information content (AvgIpc) is 3.05. The van der Waals surface area contributed by atoms with Crippen molar-refractivity contribution in [3.05, 3.63) is 23.8 Å². The molecule has 0 amide bonds. The van der Waals surface area contributed by atoms with Crippen LogP contribution in [0.25, 0.3) is 0 Å². The summed E-state index contributed by atoms with van der Waals surface area (Å²) in [5.74, 6) is 1.72. The molecule has 0 unspecified atom stereocenters. The van der Waals surface area contributed by atoms with Gasteiger partial charge in [0.25, 0.3) is 0 Å². The van der Waals surface area contributed by atoms with E-state index in [2.05, 4.69) is 51.0 Å². The van der Waals surface area contributed by atoms with E-state index < -0.39 is 0 Å². The second kappa shape index (κ2) is 10.0. The first-order valence-corrected chi connectivity index (χ1v) is 11.5. The molecule has 2 heterocycles. The number of nitrogens with two attached hydrogens (primary N) is 1. The summed E-state index contributed by atoms with van der Waals surface area (Å²) in [5, 5.41) is 10.1. The first kappa shape index (κ1) is 21.5. The minimum atomic E-state index is 0.432. The van der Waals surface area contributed by atoms with Crippen LogP contribution in [0.15, 0.2) is 18.2 Å². The van der Waals surface area contributed by atoms with Gasteiger partial charge in [0.1, 0.15) is 5.69 Å². The molecule has 168 valence electrons. The zero-order valence-electron chi connectivity index (χ0n) is 18.7. The van der Waals surface area contributed by atoms with Gasteiger partial charge >= 0.3 is 0 Å². The number of aryl methyl sites for hydroxylation is 1. The fourth-order valence-electron chi connectivity index (χ4n) is 4.43. The second-order valence-electron chi connectivity index (χ2n) is 8.46. The molecule has 31 heavy (non-hydrogen) atoms. The van der Waals surface area contributed by atoms with Crippen LogP contribution >= 0.6 is 0 Å². The van der Waals surface area contributed by atoms with Gasteiger partial charge < -0.3 is 31.3 Å². The highest BCUT2D eigenvalue weighted by atomic mass is 16.5. The Kier molecular flexibility index (Phi) is 6.96. The summed E-state index contributed by atoms with van der Waals surface area (Å²) in [7, 11) is 1.85. The summed E-state index contributed by atoms with van der Waals surface area (Å²) >= 11 is 0. The summed E-state index contributed by atoms with van der Waals surface area (Å²) in [6.07, 6.45) is 7.21. The lowest BCUT2D eigenvalue weighted by molar-refractivity contribution is 0.152. The number of nitrogen functional groups attached to an aromatic ring is 1. The van der Waals surface area contributed by atoms with E-state index in [4.69, 9.17) is 15.5 Å². The lowest BCUT2D eigenvalue weighted by atomic mass is 9.95. The molecule has 0 radical (unpaired) electrons. The molecular weight excluding hydrogens is 390 g/mol. The molecule has 2 aliphatic rings. The van der Waals surface area contributed by atoms with Crippen molar-refractivity contribution in [2.75, 3.05) is 59.9 Å². The number of anilines is 6. The van der Waals surface area contributed by atoms with Crippen LogP contribution in [0.2, 0.25) is 0 Å². The topological polar surface area (TPSA) is 100 Å². The zero-order valence-corrected chi connectivity index (χ0v) is 18.7. The molecule has 1 aliphatic carbocycles. The fraction of sp³-hybridized carbons (Fsp3) is 0.565. The van der Waals surface area contributed by atoms with E-state index in [1.54, 1.807) is 0 Å². The van der Waals surface area contributed by atoms with Crippen molar-refractivity contribution < 1.29 is 4.74 Å². The number of nitrogens with one attached hydrogen (secondary N) is 3. The predicted octanol–water partition coefficient (Wildman–Crippen LogP) is 4.12. The Bertz CT molecular complexity index is 874. The molecule has 1 aromatic carbocycles. The number of aromatic nitrogens is 2. The molecule has 8 heteroatoms. The van der Waals surface area contributed by atoms with Gasteiger partial charge in [-0.3, -0.25) is 0 Å². The largest absolute Gasteiger partial charge is 0.382 e. The Balaban J connectivity index is 1.52. The van der Waals surface area contributed by atoms with Crippen LogP contribution in [0.1, 0.15) is 44.1 Å². The molecule has 1 aliphatic heterocycles. The third kappa shape index (κ3) is 5.31. The van der Waals surface area contributed by atoms with Crippen molar-refractivity contribution in [2.24, 2.45) is 0 Å². The van der Waals surface area contributed by atoms with Crippen molar-refractivity contribution in [1.29, 1.82) is 0 Å². The molecule has 5 N–H and O–H groups in total. The van der Waals surface area contributed by atoms with Crippen LogP contribution in [0.5, 0.6) is 0 Å². The monoisotopic (exact) mass is 425 g/mol. The first-order chi connectivity index (χ1) is 15.1. The van der Waals surface area contributed by atoms with E-state index in [9.17, 15) is 0 Å². The van der Waals surface area contributed by atoms with Gasteiger partial charge in [-0.2, -0.15) is 9.97 Å². The number of nitrogens with zero attached hydrogens (tertiary/aromatic N) is 3. The maximum absolute atomic E-state index is 6.25. The lowest BCUT2D eigenvalue weighted by Gasteiger charge is -2.25. The SMILES string of the molecule is CNc1c(N)nc(Nc2ccc(N3CCCOCC3)cc2C)nc1NC1CCCCC1. The van der Waals surface area contributed by atoms with Crippen LogP contribution < -0.4 is 26.6 Å². The summed E-state index contributed by atoms with van der Waals surface area (Å²) in [6, 6.07) is 6.88. The number of benzene rings is 1. The Morgan fingerprint density at radius 3 is 2.68 bits per heavy atom. The van der Waals surface area contributed by atoms with Crippen LogP contribution in [0.4, 0.5) is 34.6 Å². The highest BCUT2D eigenvalue weighted by Crippen LogP contribution is 2.31. The molecule has 1 saturated carbocycles. The predicted molar refractivity (Wildman–Crippen MR) is 129 cm³/mol. The van der Waals surface area contributed by atoms with E-state index in [1.165, 1.54) is 24.9 Å². The molecule has 0 atom stereocenters. The Hall–Kier alpha value is -2.74. The molecule has 1 saturated heterocycles. The van der Waals surface area contributed by atoms with Crippen LogP contribution in [-0.2, 0) is 4.74 Å². The van der Waals surface area contributed by atoms with E-state index in [0.29, 0.717) is 17.8 Å². The van der Waals surface area contributed by atoms with E-state index in [0.717, 1.165) is 68.3 Å². The lowest BCUT2D eigenvalue weighted by Crippen LogP contribution is -2.25. The maximum atomic E-state index is 6.25. The second-order valence-corrected chi connectivity index (χ2v) is 8.46. The third-order valence-corrected chi connectivity index (χ3v) is 6.18. The van der Waals surface area contributed by atoms with Crippen molar-refractivity contribution in [1.82, 2.24) is 9.97 Å². The van der Waals surface area contributed by atoms with Crippen molar-refractivity contribution in [2.45, 2.75) is 51.5 Å². The number of rotatable bonds is 6. The highest BCUT2D eigenvalue weighted by molar-refractivity contribution is 5.78. The van der Waals surface area contributed by atoms with Gasteiger partial charge in [-0.05, 0) is 49.9 Å². The third-order valence-electron chi connectivity index (χ3n) is 6.18. The molecular formula is C23H35N7O. The summed E-state index contributed by atoms with van der Waals surface area (Å²) in [4.78, 5) is 11.6. The number of hydrogen-bond donors (Lipinski definition) is 4. The summed E-state index contributed by atoms with van der Waals surface area (Å²) in [5.41, 5.74) is 10.4. The Morgan fingerprint density at radius 2 is 1.90 bits per heavy atom. The van der Waals surface area contributed by atoms with Crippen molar-refractivity contribution in [3.63, 3.8) is 0 Å². The maximum Gasteiger partial charge on any atom is 0.231 e. The Morgan fingerprint density at radius 1 is 1.06 bits per heavy atom. The number of ether oxygens (including phenoxy) is 1. The average molecular weight is 426 g/mol. The fourth-order valence-corrected chi connectivity index (χ4v) is 4.43. The van der Waals surface area contributed by atoms with Gasteiger partial charge in [-0.25, -0.2) is 0 Å². The molecule has 0 bridgehead atoms. The normalized spacial score (nSPS) is 17.8. The smallest absolute Gasteiger partial charge is 0.231 e. The van der Waals surface area contributed by atoms with Crippen molar-refractivity contribution >= 4 is 34.6 Å². The Labute approximate surface area is 185 Å². The molecule has 2 fully saturated rings. The molecule has 0 spiro atoms. The summed E-state index contributed by atoms with van der Waals surface area (Å²) < 4.78 is 5.58. The van der Waals surface area contributed by atoms with Crippen molar-refractivity contribution in [3.8, 4) is 0 Å². The molecule has 2 aromatic rings. The van der Waals surface area contributed by atoms with Gasteiger partial charge in [-0.15, -0.1) is 0 Å². The standard InChI is InChI=1S/C23H35N7O/c1-16-15-18(30-11-6-13-31-14-12-30)9-10-19(16)27-23-28-21(24)20(25-2)22(29-23)26-17-7-4-3-5-8-17/h9-10,15,17,25H,3-8,11-14H2,1-2H3,(H4,24,26,27,28,29). The van der Waals surface area contributed by atoms with Gasteiger partial charge in [0.15, 0.2) is 11.6 Å². The van der Waals surface area contributed by atoms with Crippen LogP contribution in [-0.4, -0.2) is 49.4 Å². The van der Waals surface area contributed by atoms with Gasteiger partial charge in [-0.1, -0.05) is 19.3 Å². The number of hydrogen-bond acceptors (Lipinski definition) is 8. The molecule has 8 nitrogen and oxygen atoms in total. The summed E-state index contributed by atoms with van der Waals surface area (Å²) in [6.45, 7) is 5.67. The van der Waals surface area contributed by atoms with Gasteiger partial charge in [0, 0.05) is 44.2 Å². The van der Waals surface area contributed by atoms with Crippen LogP contribution in [0.3, 0.4) is 0 Å². The first-order valence-electron chi connectivity index (χ1n) is 11.5. The van der Waals surface area contributed by atoms with E-state index >= 15 is 0 Å². The van der Waals surface area contributed by atoms with Gasteiger partial charge in [0.05, 0.1) is 6.61 Å². The molecule has 4 rings (SSSR count). The minimum Gasteiger partial charge on any atom is -0.382 e. The van der Waals surface area contributed by atoms with E-state index in [1.807, 2.05) is 7.05 Å². The quantitative estimate of drug-likeness (QED) is 0.548. The van der Waals surface area contributed by atoms with Crippen LogP contribution in [0, 0.1) is 6.92 Å². The minimum absolute atomic E-state index is 0.432. The van der Waals surface area contributed by atoms with Gasteiger partial charge in [0.2, 0.25) is 5.95 Å². The zero-order chi connectivity index (χ0) is 21.6.